The highest BCUT2D eigenvalue weighted by molar-refractivity contribution is 7.92. The zero-order valence-corrected chi connectivity index (χ0v) is 24.4. The molecule has 3 aromatic rings. The summed E-state index contributed by atoms with van der Waals surface area (Å²) in [4.78, 5) is 17.9. The molecule has 0 spiro atoms. The highest BCUT2D eigenvalue weighted by Crippen LogP contribution is 2.43. The molecule has 1 amide bonds. The normalized spacial score (nSPS) is 20.8. The monoisotopic (exact) mass is 581 g/mol. The molecule has 3 aliphatic rings. The second-order valence-corrected chi connectivity index (χ2v) is 14.4. The van der Waals surface area contributed by atoms with Gasteiger partial charge >= 0.3 is 6.09 Å². The minimum Gasteiger partial charge on any atom is -0.447 e. The molecule has 6 rings (SSSR count). The number of anilines is 2. The summed E-state index contributed by atoms with van der Waals surface area (Å²) in [6.07, 6.45) is 11.4. The van der Waals surface area contributed by atoms with Crippen molar-refractivity contribution >= 4 is 44.8 Å². The molecule has 0 atom stereocenters. The average Bonchev–Trinajstić information content (AvgIpc) is 3.54. The van der Waals surface area contributed by atoms with Crippen molar-refractivity contribution in [1.29, 1.82) is 0 Å². The molecule has 2 N–H and O–H groups in total. The number of hydrogen-bond donors (Lipinski definition) is 2. The van der Waals surface area contributed by atoms with E-state index in [0.29, 0.717) is 40.7 Å². The molecule has 212 valence electrons. The third-order valence-corrected chi connectivity index (χ3v) is 11.2. The topological polar surface area (TPSA) is 115 Å². The number of alkyl carbamates (subject to hydrolysis) is 1. The summed E-state index contributed by atoms with van der Waals surface area (Å²) < 4.78 is 34.2. The highest BCUT2D eigenvalue weighted by atomic mass is 32.2. The van der Waals surface area contributed by atoms with E-state index in [1.54, 1.807) is 17.4 Å². The number of allylic oxidation sites excluding steroid dienone is 1. The Hall–Kier alpha value is -3.18. The maximum atomic E-state index is 13.5. The van der Waals surface area contributed by atoms with E-state index in [9.17, 15) is 13.2 Å². The van der Waals surface area contributed by atoms with Crippen molar-refractivity contribution in [2.24, 2.45) is 0 Å². The third kappa shape index (κ3) is 5.81. The largest absolute Gasteiger partial charge is 0.447 e. The van der Waals surface area contributed by atoms with Gasteiger partial charge in [0, 0.05) is 42.0 Å². The maximum absolute atomic E-state index is 13.5. The molecular weight excluding hydrogens is 546 g/mol. The first kappa shape index (κ1) is 27.0. The number of aryl methyl sites for hydroxylation is 1. The Morgan fingerprint density at radius 1 is 1.12 bits per heavy atom. The molecule has 2 fully saturated rings. The van der Waals surface area contributed by atoms with Gasteiger partial charge in [0.2, 0.25) is 0 Å². The molecule has 0 bridgehead atoms. The van der Waals surface area contributed by atoms with E-state index in [1.807, 2.05) is 42.9 Å². The summed E-state index contributed by atoms with van der Waals surface area (Å²) in [7, 11) is -3.45. The van der Waals surface area contributed by atoms with Crippen molar-refractivity contribution in [2.75, 3.05) is 5.32 Å². The Morgan fingerprint density at radius 3 is 2.65 bits per heavy atom. The number of nitrogens with zero attached hydrogens (tertiary/aromatic N) is 3. The van der Waals surface area contributed by atoms with Crippen LogP contribution in [-0.4, -0.2) is 46.7 Å². The molecule has 3 heterocycles. The number of hydrogen-bond acceptors (Lipinski definition) is 8. The van der Waals surface area contributed by atoms with Crippen LogP contribution in [0, 0.1) is 0 Å². The fraction of sp³-hybridized carbons (Fsp3) is 0.483. The molecule has 1 aliphatic heterocycles. The number of rotatable bonds is 8. The highest BCUT2D eigenvalue weighted by Gasteiger charge is 2.39. The van der Waals surface area contributed by atoms with E-state index in [-0.39, 0.29) is 23.5 Å². The molecule has 9 nitrogen and oxygen atoms in total. The number of amides is 1. The average molecular weight is 582 g/mol. The van der Waals surface area contributed by atoms with E-state index < -0.39 is 9.84 Å². The maximum Gasteiger partial charge on any atom is 0.407 e. The fourth-order valence-electron chi connectivity index (χ4n) is 5.45. The summed E-state index contributed by atoms with van der Waals surface area (Å²) in [6.45, 7) is 4.52. The van der Waals surface area contributed by atoms with Crippen molar-refractivity contribution in [1.82, 2.24) is 20.1 Å². The Kier molecular flexibility index (Phi) is 7.43. The van der Waals surface area contributed by atoms with Crippen LogP contribution in [0.5, 0.6) is 0 Å². The number of aromatic nitrogens is 3. The van der Waals surface area contributed by atoms with Crippen molar-refractivity contribution in [3.8, 4) is 10.4 Å². The molecule has 0 radical (unpaired) electrons. The first-order valence-corrected chi connectivity index (χ1v) is 16.4. The van der Waals surface area contributed by atoms with Crippen LogP contribution in [0.15, 0.2) is 41.4 Å². The van der Waals surface area contributed by atoms with Gasteiger partial charge in [-0.3, -0.25) is 4.68 Å². The third-order valence-electron chi connectivity index (χ3n) is 7.66. The van der Waals surface area contributed by atoms with Gasteiger partial charge in [-0.15, -0.1) is 11.3 Å². The van der Waals surface area contributed by atoms with Gasteiger partial charge in [-0.25, -0.2) is 18.2 Å². The van der Waals surface area contributed by atoms with Crippen LogP contribution in [0.25, 0.3) is 16.5 Å². The minimum absolute atomic E-state index is 0.106. The van der Waals surface area contributed by atoms with Crippen molar-refractivity contribution < 1.29 is 17.9 Å². The van der Waals surface area contributed by atoms with Crippen LogP contribution in [0.1, 0.15) is 75.4 Å². The SMILES string of the molecule is CC(C)OC(=O)NC1CCC(c2ncc(-c3ccc(Nc4cc5n(n4)CCC=C5)cc3S(=O)(=O)C3CC3)s2)CC1. The van der Waals surface area contributed by atoms with E-state index in [4.69, 9.17) is 9.72 Å². The van der Waals surface area contributed by atoms with E-state index in [0.717, 1.165) is 54.2 Å². The number of ether oxygens (including phenoxy) is 1. The van der Waals surface area contributed by atoms with E-state index >= 15 is 0 Å². The Morgan fingerprint density at radius 2 is 1.93 bits per heavy atom. The molecule has 0 unspecified atom stereocenters. The van der Waals surface area contributed by atoms with Gasteiger partial charge in [0.05, 0.1) is 31.8 Å². The van der Waals surface area contributed by atoms with Gasteiger partial charge in [-0.1, -0.05) is 12.1 Å². The number of benzene rings is 1. The standard InChI is InChI=1S/C29H35N5O4S2/c1-18(2)38-29(35)32-20-8-6-19(7-9-20)28-30-17-25(39-28)24-13-10-21(15-26(24)40(36,37)23-11-12-23)31-27-16-22-5-3-4-14-34(22)33-27/h3,5,10,13,15-20,23H,4,6-9,11-12,14H2,1-2H3,(H,31,33)(H,32,35). The van der Waals surface area contributed by atoms with Crippen LogP contribution in [-0.2, 0) is 21.1 Å². The molecule has 2 aromatic heterocycles. The second kappa shape index (κ2) is 11.0. The lowest BCUT2D eigenvalue weighted by molar-refractivity contribution is 0.109. The Labute approximate surface area is 239 Å². The van der Waals surface area contributed by atoms with Crippen LogP contribution in [0.4, 0.5) is 16.3 Å². The van der Waals surface area contributed by atoms with Crippen molar-refractivity contribution in [2.45, 2.75) is 93.5 Å². The zero-order valence-electron chi connectivity index (χ0n) is 22.8. The summed E-state index contributed by atoms with van der Waals surface area (Å²) >= 11 is 1.58. The number of thiazole rings is 1. The lowest BCUT2D eigenvalue weighted by atomic mass is 9.86. The second-order valence-electron chi connectivity index (χ2n) is 11.2. The quantitative estimate of drug-likeness (QED) is 0.322. The van der Waals surface area contributed by atoms with Crippen LogP contribution in [0.2, 0.25) is 0 Å². The van der Waals surface area contributed by atoms with E-state index in [2.05, 4.69) is 27.9 Å². The molecule has 2 saturated carbocycles. The number of sulfone groups is 1. The number of nitrogens with one attached hydrogen (secondary N) is 2. The van der Waals surface area contributed by atoms with E-state index in [1.165, 1.54) is 0 Å². The smallest absolute Gasteiger partial charge is 0.407 e. The Balaban J connectivity index is 1.20. The predicted octanol–water partition coefficient (Wildman–Crippen LogP) is 6.26. The van der Waals surface area contributed by atoms with Crippen LogP contribution >= 0.6 is 11.3 Å². The molecule has 2 aliphatic carbocycles. The first-order chi connectivity index (χ1) is 19.3. The zero-order chi connectivity index (χ0) is 27.9. The summed E-state index contributed by atoms with van der Waals surface area (Å²) in [5, 5.41) is 11.6. The molecule has 1 aromatic carbocycles. The van der Waals surface area contributed by atoms with Gasteiger partial charge < -0.3 is 15.4 Å². The van der Waals surface area contributed by atoms with Gasteiger partial charge in [-0.05, 0) is 77.0 Å². The minimum atomic E-state index is -3.45. The van der Waals surface area contributed by atoms with Crippen LogP contribution < -0.4 is 10.6 Å². The molecular formula is C29H35N5O4S2. The van der Waals surface area contributed by atoms with Crippen molar-refractivity contribution in [3.63, 3.8) is 0 Å². The van der Waals surface area contributed by atoms with Gasteiger partial charge in [0.25, 0.3) is 0 Å². The number of fused-ring (bicyclic) bond motifs is 1. The molecule has 0 saturated heterocycles. The predicted molar refractivity (Wildman–Crippen MR) is 157 cm³/mol. The first-order valence-electron chi connectivity index (χ1n) is 14.1. The van der Waals surface area contributed by atoms with Crippen molar-refractivity contribution in [3.05, 3.63) is 47.2 Å². The van der Waals surface area contributed by atoms with Crippen LogP contribution in [0.3, 0.4) is 0 Å². The lowest BCUT2D eigenvalue weighted by Crippen LogP contribution is -2.38. The summed E-state index contributed by atoms with van der Waals surface area (Å²) in [5.41, 5.74) is 2.45. The fourth-order valence-corrected chi connectivity index (χ4v) is 8.53. The lowest BCUT2D eigenvalue weighted by Gasteiger charge is -2.28. The number of carbonyl (C=O) groups excluding carboxylic acids is 1. The number of carbonyl (C=O) groups is 1. The summed E-state index contributed by atoms with van der Waals surface area (Å²) in [5.74, 6) is 0.995. The molecule has 40 heavy (non-hydrogen) atoms. The summed E-state index contributed by atoms with van der Waals surface area (Å²) in [6, 6.07) is 7.65. The van der Waals surface area contributed by atoms with Gasteiger partial charge in [0.1, 0.15) is 0 Å². The Bertz CT molecular complexity index is 1530. The van der Waals surface area contributed by atoms with Gasteiger partial charge in [-0.2, -0.15) is 5.10 Å². The van der Waals surface area contributed by atoms with Gasteiger partial charge in [0.15, 0.2) is 15.7 Å². The molecule has 11 heteroatoms.